The van der Waals surface area contributed by atoms with Gasteiger partial charge in [-0.2, -0.15) is 0 Å². The van der Waals surface area contributed by atoms with Gasteiger partial charge in [-0.3, -0.25) is 4.79 Å². The van der Waals surface area contributed by atoms with Crippen LogP contribution in [0.3, 0.4) is 0 Å². The molecule has 108 valence electrons. The van der Waals surface area contributed by atoms with E-state index in [0.29, 0.717) is 6.42 Å². The Morgan fingerprint density at radius 2 is 2.00 bits per heavy atom. The molecule has 0 bridgehead atoms. The Morgan fingerprint density at radius 3 is 2.76 bits per heavy atom. The number of rotatable bonds is 2. The molecule has 0 aliphatic carbocycles. The van der Waals surface area contributed by atoms with Crippen molar-refractivity contribution in [3.05, 3.63) is 64.5 Å². The summed E-state index contributed by atoms with van der Waals surface area (Å²) < 4.78 is 13.2. The van der Waals surface area contributed by atoms with Gasteiger partial charge in [-0.1, -0.05) is 18.2 Å². The quantitative estimate of drug-likeness (QED) is 0.821. The summed E-state index contributed by atoms with van der Waals surface area (Å²) >= 11 is 6.55. The number of alkyl halides is 1. The first kappa shape index (κ1) is 14.1. The molecule has 1 N–H and O–H groups in total. The van der Waals surface area contributed by atoms with E-state index in [0.717, 1.165) is 34.4 Å². The second kappa shape index (κ2) is 5.49. The highest BCUT2D eigenvalue weighted by Crippen LogP contribution is 2.34. The Hall–Kier alpha value is -1.87. The number of hydrogen-bond acceptors (Lipinski definition) is 1. The van der Waals surface area contributed by atoms with Gasteiger partial charge < -0.3 is 5.32 Å². The molecule has 3 rings (SSSR count). The molecule has 1 atom stereocenters. The van der Waals surface area contributed by atoms with Gasteiger partial charge in [0.25, 0.3) is 0 Å². The lowest BCUT2D eigenvalue weighted by Crippen LogP contribution is -2.19. The number of halogens is 2. The Kier molecular flexibility index (Phi) is 3.68. The van der Waals surface area contributed by atoms with Gasteiger partial charge >= 0.3 is 0 Å². The zero-order chi connectivity index (χ0) is 15.0. The lowest BCUT2D eigenvalue weighted by atomic mass is 9.95. The van der Waals surface area contributed by atoms with Gasteiger partial charge in [0, 0.05) is 12.1 Å². The fraction of sp³-hybridized carbons (Fsp3) is 0.235. The van der Waals surface area contributed by atoms with Crippen molar-refractivity contribution in [2.45, 2.75) is 25.1 Å². The lowest BCUT2D eigenvalue weighted by Gasteiger charge is -2.20. The van der Waals surface area contributed by atoms with Crippen molar-refractivity contribution < 1.29 is 9.18 Å². The Bertz CT molecular complexity index is 714. The lowest BCUT2D eigenvalue weighted by molar-refractivity contribution is -0.116. The van der Waals surface area contributed by atoms with E-state index in [1.807, 2.05) is 25.1 Å². The number of fused-ring (bicyclic) bond motifs is 1. The fourth-order valence-corrected chi connectivity index (χ4v) is 3.04. The fourth-order valence-electron chi connectivity index (χ4n) is 2.66. The molecular weight excluding hydrogens is 289 g/mol. The van der Waals surface area contributed by atoms with Crippen LogP contribution in [-0.4, -0.2) is 5.91 Å². The molecule has 4 heteroatoms. The van der Waals surface area contributed by atoms with Crippen LogP contribution in [0.15, 0.2) is 36.4 Å². The minimum absolute atomic E-state index is 0.0482. The third-order valence-corrected chi connectivity index (χ3v) is 4.31. The van der Waals surface area contributed by atoms with E-state index in [2.05, 4.69) is 5.32 Å². The summed E-state index contributed by atoms with van der Waals surface area (Å²) in [6, 6.07) is 10.5. The van der Waals surface area contributed by atoms with Gasteiger partial charge in [-0.15, -0.1) is 11.6 Å². The molecule has 1 aliphatic heterocycles. The molecule has 2 nitrogen and oxygen atoms in total. The molecule has 0 aromatic heterocycles. The first-order chi connectivity index (χ1) is 10.0. The van der Waals surface area contributed by atoms with Crippen molar-refractivity contribution in [1.29, 1.82) is 0 Å². The molecule has 1 aliphatic rings. The number of nitrogens with one attached hydrogen (secondary N) is 1. The zero-order valence-electron chi connectivity index (χ0n) is 11.6. The highest BCUT2D eigenvalue weighted by atomic mass is 35.5. The monoisotopic (exact) mass is 303 g/mol. The number of aryl methyl sites for hydroxylation is 2. The van der Waals surface area contributed by atoms with Gasteiger partial charge in [-0.05, 0) is 53.8 Å². The van der Waals surface area contributed by atoms with Crippen molar-refractivity contribution in [3.63, 3.8) is 0 Å². The van der Waals surface area contributed by atoms with Crippen LogP contribution in [0.4, 0.5) is 10.1 Å². The third kappa shape index (κ3) is 2.79. The minimum Gasteiger partial charge on any atom is -0.326 e. The molecule has 0 fully saturated rings. The van der Waals surface area contributed by atoms with E-state index in [1.165, 1.54) is 12.1 Å². The average Bonchev–Trinajstić information content (AvgIpc) is 2.46. The smallest absolute Gasteiger partial charge is 0.224 e. The number of amides is 1. The normalized spacial score (nSPS) is 15.3. The van der Waals surface area contributed by atoms with Crippen LogP contribution >= 0.6 is 11.6 Å². The topological polar surface area (TPSA) is 29.1 Å². The van der Waals surface area contributed by atoms with Crippen molar-refractivity contribution in [1.82, 2.24) is 0 Å². The second-order valence-corrected chi connectivity index (χ2v) is 5.76. The molecule has 2 aromatic rings. The van der Waals surface area contributed by atoms with E-state index in [1.54, 1.807) is 6.07 Å². The SMILES string of the molecule is Cc1cc(F)ccc1C(Cl)c1ccc2c(c1)CCC(=O)N2. The molecule has 2 aromatic carbocycles. The molecule has 21 heavy (non-hydrogen) atoms. The van der Waals surface area contributed by atoms with E-state index in [4.69, 9.17) is 11.6 Å². The molecule has 0 spiro atoms. The molecule has 1 heterocycles. The van der Waals surface area contributed by atoms with Crippen molar-refractivity contribution in [2.24, 2.45) is 0 Å². The number of anilines is 1. The molecule has 0 saturated heterocycles. The summed E-state index contributed by atoms with van der Waals surface area (Å²) in [6.45, 7) is 1.85. The minimum atomic E-state index is -0.325. The summed E-state index contributed by atoms with van der Waals surface area (Å²) in [7, 11) is 0. The molecule has 1 amide bonds. The predicted molar refractivity (Wildman–Crippen MR) is 82.2 cm³/mol. The van der Waals surface area contributed by atoms with Gasteiger partial charge in [0.1, 0.15) is 5.82 Å². The molecular formula is C17H15ClFNO. The summed E-state index contributed by atoms with van der Waals surface area (Å²) in [5.74, 6) is -0.208. The number of benzene rings is 2. The summed E-state index contributed by atoms with van der Waals surface area (Å²) in [4.78, 5) is 11.4. The van der Waals surface area contributed by atoms with Crippen LogP contribution in [0, 0.1) is 12.7 Å². The van der Waals surface area contributed by atoms with Crippen LogP contribution in [0.25, 0.3) is 0 Å². The highest BCUT2D eigenvalue weighted by Gasteiger charge is 2.18. The molecule has 0 saturated carbocycles. The zero-order valence-corrected chi connectivity index (χ0v) is 12.4. The maximum Gasteiger partial charge on any atom is 0.224 e. The number of carbonyl (C=O) groups is 1. The van der Waals surface area contributed by atoms with Crippen molar-refractivity contribution in [3.8, 4) is 0 Å². The largest absolute Gasteiger partial charge is 0.326 e. The van der Waals surface area contributed by atoms with Crippen LogP contribution in [-0.2, 0) is 11.2 Å². The van der Waals surface area contributed by atoms with Crippen LogP contribution in [0.5, 0.6) is 0 Å². The Labute approximate surface area is 127 Å². The number of hydrogen-bond donors (Lipinski definition) is 1. The van der Waals surface area contributed by atoms with E-state index in [9.17, 15) is 9.18 Å². The van der Waals surface area contributed by atoms with E-state index >= 15 is 0 Å². The standard InChI is InChI=1S/C17H15ClFNO/c1-10-8-13(19)4-5-14(10)17(18)12-2-6-15-11(9-12)3-7-16(21)20-15/h2,4-6,8-9,17H,3,7H2,1H3,(H,20,21). The average molecular weight is 304 g/mol. The number of carbonyl (C=O) groups excluding carboxylic acids is 1. The van der Waals surface area contributed by atoms with Crippen LogP contribution < -0.4 is 5.32 Å². The Balaban J connectivity index is 1.95. The van der Waals surface area contributed by atoms with Crippen LogP contribution in [0.1, 0.15) is 34.1 Å². The summed E-state index contributed by atoms with van der Waals surface area (Å²) in [5.41, 5.74) is 4.65. The first-order valence-electron chi connectivity index (χ1n) is 6.87. The van der Waals surface area contributed by atoms with E-state index in [-0.39, 0.29) is 17.1 Å². The Morgan fingerprint density at radius 1 is 1.19 bits per heavy atom. The maximum atomic E-state index is 13.2. The van der Waals surface area contributed by atoms with E-state index < -0.39 is 0 Å². The maximum absolute atomic E-state index is 13.2. The summed E-state index contributed by atoms with van der Waals surface area (Å²) in [6.07, 6.45) is 1.22. The van der Waals surface area contributed by atoms with Gasteiger partial charge in [0.2, 0.25) is 5.91 Å². The first-order valence-corrected chi connectivity index (χ1v) is 7.31. The van der Waals surface area contributed by atoms with Gasteiger partial charge in [-0.25, -0.2) is 4.39 Å². The molecule has 0 radical (unpaired) electrons. The van der Waals surface area contributed by atoms with Gasteiger partial charge in [0.15, 0.2) is 0 Å². The molecule has 1 unspecified atom stereocenters. The van der Waals surface area contributed by atoms with Crippen molar-refractivity contribution in [2.75, 3.05) is 5.32 Å². The predicted octanol–water partition coefficient (Wildman–Crippen LogP) is 4.35. The van der Waals surface area contributed by atoms with Crippen LogP contribution in [0.2, 0.25) is 0 Å². The van der Waals surface area contributed by atoms with Gasteiger partial charge in [0.05, 0.1) is 5.38 Å². The summed E-state index contributed by atoms with van der Waals surface area (Å²) in [5, 5.41) is 2.53. The van der Waals surface area contributed by atoms with Crippen molar-refractivity contribution >= 4 is 23.2 Å². The third-order valence-electron chi connectivity index (χ3n) is 3.82. The second-order valence-electron chi connectivity index (χ2n) is 5.33. The highest BCUT2D eigenvalue weighted by molar-refractivity contribution is 6.22.